The van der Waals surface area contributed by atoms with Crippen LogP contribution in [0.15, 0.2) is 63.9 Å². The van der Waals surface area contributed by atoms with Crippen LogP contribution in [-0.4, -0.2) is 97.8 Å². The van der Waals surface area contributed by atoms with E-state index in [1.54, 1.807) is 37.7 Å². The van der Waals surface area contributed by atoms with Crippen LogP contribution in [-0.2, 0) is 26.2 Å². The van der Waals surface area contributed by atoms with Gasteiger partial charge < -0.3 is 36.3 Å². The molecule has 1 amide bonds. The number of nitrogens with one attached hydrogen (secondary N) is 4. The van der Waals surface area contributed by atoms with Gasteiger partial charge in [0.2, 0.25) is 5.91 Å². The van der Waals surface area contributed by atoms with Gasteiger partial charge in [-0.15, -0.1) is 0 Å². The molecule has 290 valence electrons. The van der Waals surface area contributed by atoms with Gasteiger partial charge in [0.25, 0.3) is 0 Å². The van der Waals surface area contributed by atoms with Crippen molar-refractivity contribution >= 4 is 53.1 Å². The minimum absolute atomic E-state index is 0.0522. The largest absolute Gasteiger partial charge is 0.423 e. The number of carbonyl (C=O) groups excluding carboxylic acids is 3. The molecule has 0 spiro atoms. The fourth-order valence-corrected chi connectivity index (χ4v) is 9.39. The minimum atomic E-state index is -0.827. The van der Waals surface area contributed by atoms with E-state index in [1.807, 2.05) is 26.0 Å². The molecule has 2 aromatic rings. The molecular weight excluding hydrogens is 702 g/mol. The lowest BCUT2D eigenvalue weighted by Crippen LogP contribution is -2.62. The molecule has 2 aliphatic carbocycles. The number of rotatable bonds is 12. The number of aliphatic imine (C=N–C) groups is 2. The number of Topliss-reactive ketones (excluding diaryl/α,β-unsaturated/α-hetero) is 1. The summed E-state index contributed by atoms with van der Waals surface area (Å²) in [6.45, 7) is 10.9. The van der Waals surface area contributed by atoms with Crippen LogP contribution >= 0.6 is 0 Å². The first kappa shape index (κ1) is 38.2. The number of carbonyl (C=O) groups is 3. The molecule has 3 aliphatic heterocycles. The summed E-state index contributed by atoms with van der Waals surface area (Å²) >= 11 is 0. The van der Waals surface area contributed by atoms with Crippen LogP contribution in [0.3, 0.4) is 0 Å². The van der Waals surface area contributed by atoms with E-state index in [-0.39, 0.29) is 60.5 Å². The number of ether oxygens (including phenoxy) is 1. The number of fused-ring (bicyclic) bond motifs is 2. The second kappa shape index (κ2) is 14.8. The quantitative estimate of drug-likeness (QED) is 0.137. The molecule has 0 aromatic carbocycles. The summed E-state index contributed by atoms with van der Waals surface area (Å²) in [7, 11) is 1.67. The van der Waals surface area contributed by atoms with Gasteiger partial charge in [-0.2, -0.15) is 5.10 Å². The molecule has 5 heterocycles. The van der Waals surface area contributed by atoms with Crippen LogP contribution in [0, 0.1) is 28.1 Å². The van der Waals surface area contributed by atoms with Crippen LogP contribution in [0.25, 0.3) is 6.08 Å². The third kappa shape index (κ3) is 7.11. The second-order valence-corrected chi connectivity index (χ2v) is 15.9. The SMILES string of the molecule is C=C1C(NC(C)C(=O)CC2=NCC=N2)CC2[C@](C)(CC[C@@H](O)[C@@]2(C)CO)C1CC(Nc1ccccn1)C1=C/C(=C\c2nn(C)c3c2C(=N)CC(=O)N3)OC1=O. The van der Waals surface area contributed by atoms with Crippen molar-refractivity contribution in [1.29, 1.82) is 5.41 Å². The lowest BCUT2D eigenvalue weighted by molar-refractivity contribution is -0.156. The van der Waals surface area contributed by atoms with Crippen LogP contribution in [0.1, 0.15) is 70.6 Å². The zero-order valence-corrected chi connectivity index (χ0v) is 31.6. The zero-order chi connectivity index (χ0) is 39.2. The molecule has 5 aliphatic rings. The number of nitrogens with zero attached hydrogens (tertiary/aromatic N) is 5. The molecule has 6 N–H and O–H groups in total. The molecule has 15 nitrogen and oxygen atoms in total. The number of pyridine rings is 1. The molecule has 55 heavy (non-hydrogen) atoms. The Labute approximate surface area is 319 Å². The number of aromatic nitrogens is 3. The highest BCUT2D eigenvalue weighted by Crippen LogP contribution is 2.62. The number of aryl methyl sites for hydroxylation is 1. The van der Waals surface area contributed by atoms with E-state index >= 15 is 0 Å². The number of aliphatic hydroxyl groups is 2. The summed E-state index contributed by atoms with van der Waals surface area (Å²) < 4.78 is 7.31. The second-order valence-electron chi connectivity index (χ2n) is 15.9. The number of amidine groups is 1. The lowest BCUT2D eigenvalue weighted by Gasteiger charge is -2.62. The summed E-state index contributed by atoms with van der Waals surface area (Å²) in [5.74, 6) is 0.385. The van der Waals surface area contributed by atoms with E-state index in [0.29, 0.717) is 66.5 Å². The van der Waals surface area contributed by atoms with E-state index in [9.17, 15) is 24.6 Å². The van der Waals surface area contributed by atoms with Gasteiger partial charge in [-0.1, -0.05) is 32.1 Å². The van der Waals surface area contributed by atoms with Gasteiger partial charge in [0.05, 0.1) is 61.0 Å². The predicted octanol–water partition coefficient (Wildman–Crippen LogP) is 3.36. The summed E-state index contributed by atoms with van der Waals surface area (Å²) in [5, 5.41) is 45.0. The fraction of sp³-hybridized carbons (Fsp3) is 0.500. The Morgan fingerprint density at radius 3 is 2.80 bits per heavy atom. The first-order chi connectivity index (χ1) is 26.2. The summed E-state index contributed by atoms with van der Waals surface area (Å²) in [4.78, 5) is 52.3. The number of anilines is 2. The van der Waals surface area contributed by atoms with Crippen LogP contribution < -0.4 is 16.0 Å². The highest BCUT2D eigenvalue weighted by Gasteiger charge is 2.60. The fourth-order valence-electron chi connectivity index (χ4n) is 9.39. The van der Waals surface area contributed by atoms with Crippen molar-refractivity contribution in [1.82, 2.24) is 20.1 Å². The highest BCUT2D eigenvalue weighted by molar-refractivity contribution is 6.20. The molecule has 2 saturated carbocycles. The average Bonchev–Trinajstić information content (AvgIpc) is 3.88. The van der Waals surface area contributed by atoms with Crippen molar-refractivity contribution < 1.29 is 29.3 Å². The maximum absolute atomic E-state index is 13.8. The smallest absolute Gasteiger partial charge is 0.341 e. The van der Waals surface area contributed by atoms with Crippen LogP contribution in [0.5, 0.6) is 0 Å². The number of aliphatic hydroxyl groups excluding tert-OH is 2. The summed E-state index contributed by atoms with van der Waals surface area (Å²) in [6.07, 6.45) is 8.00. The van der Waals surface area contributed by atoms with Gasteiger partial charge in [0.15, 0.2) is 5.78 Å². The zero-order valence-electron chi connectivity index (χ0n) is 31.6. The molecule has 0 radical (unpaired) electrons. The number of hydrogen-bond donors (Lipinski definition) is 6. The van der Waals surface area contributed by atoms with Gasteiger partial charge in [-0.25, -0.2) is 14.8 Å². The van der Waals surface area contributed by atoms with Crippen molar-refractivity contribution in [3.8, 4) is 0 Å². The Bertz CT molecular complexity index is 2050. The number of cyclic esters (lactones) is 1. The number of esters is 1. The minimum Gasteiger partial charge on any atom is -0.423 e. The van der Waals surface area contributed by atoms with Gasteiger partial charge in [0.1, 0.15) is 28.9 Å². The van der Waals surface area contributed by atoms with E-state index in [4.69, 9.17) is 10.1 Å². The van der Waals surface area contributed by atoms with Gasteiger partial charge in [-0.3, -0.25) is 19.3 Å². The summed E-state index contributed by atoms with van der Waals surface area (Å²) in [5.41, 5.74) is 0.935. The molecule has 0 saturated heterocycles. The normalized spacial score (nSPS) is 30.6. The van der Waals surface area contributed by atoms with Crippen molar-refractivity contribution in [3.63, 3.8) is 0 Å². The third-order valence-corrected chi connectivity index (χ3v) is 12.5. The Balaban J connectivity index is 1.24. The Hall–Kier alpha value is -5.12. The Morgan fingerprint density at radius 2 is 2.09 bits per heavy atom. The molecule has 2 fully saturated rings. The topological polar surface area (TPSA) is 216 Å². The number of amides is 1. The molecule has 0 bridgehead atoms. The van der Waals surface area contributed by atoms with Crippen molar-refractivity contribution in [2.24, 2.45) is 39.7 Å². The number of ketones is 1. The van der Waals surface area contributed by atoms with Gasteiger partial charge in [-0.05, 0) is 68.1 Å². The van der Waals surface area contributed by atoms with Gasteiger partial charge in [0, 0.05) is 37.0 Å². The molecule has 5 unspecified atom stereocenters. The molecular formula is C40H49N9O6. The van der Waals surface area contributed by atoms with Crippen molar-refractivity contribution in [3.05, 3.63) is 65.2 Å². The predicted molar refractivity (Wildman–Crippen MR) is 208 cm³/mol. The summed E-state index contributed by atoms with van der Waals surface area (Å²) in [6, 6.07) is 3.97. The molecule has 8 atom stereocenters. The Kier molecular flexibility index (Phi) is 10.3. The lowest BCUT2D eigenvalue weighted by atomic mass is 9.45. The molecule has 2 aromatic heterocycles. The average molecular weight is 752 g/mol. The number of hydrogen-bond acceptors (Lipinski definition) is 13. The first-order valence-corrected chi connectivity index (χ1v) is 18.8. The number of allylic oxidation sites excluding steroid dienone is 1. The van der Waals surface area contributed by atoms with Gasteiger partial charge >= 0.3 is 5.97 Å². The maximum atomic E-state index is 13.8. The highest BCUT2D eigenvalue weighted by atomic mass is 16.5. The van der Waals surface area contributed by atoms with Crippen molar-refractivity contribution in [2.75, 3.05) is 23.8 Å². The standard InChI is InChI=1S/C40H49N9O6/c1-21-25(39(3)10-9-32(52)40(4,20-50)31(39)18-27(21)45-22(2)30(51)19-34-43-12-13-44-34)16-28(46-33-8-6-7-11-42-33)24-14-23(55-38(24)54)15-29-36-26(41)17-35(53)47-37(36)49(5)48-29/h6-8,11-12,14-15,22,25,27-28,31-32,41,45,50,52H,1,9-10,13,16-20H2,2-5H3,(H,42,46)(H,47,53)/b23-15+,41-26?/t22?,25?,27?,28?,31?,32-,39-,40+/m1/s1. The van der Waals surface area contributed by atoms with E-state index in [2.05, 4.69) is 49.5 Å². The first-order valence-electron chi connectivity index (χ1n) is 18.8. The third-order valence-electron chi connectivity index (χ3n) is 12.5. The van der Waals surface area contributed by atoms with Crippen LogP contribution in [0.4, 0.5) is 11.6 Å². The maximum Gasteiger partial charge on any atom is 0.341 e. The van der Waals surface area contributed by atoms with Crippen LogP contribution in [0.2, 0.25) is 0 Å². The van der Waals surface area contributed by atoms with E-state index in [0.717, 1.165) is 5.57 Å². The molecule has 7 rings (SSSR count). The molecule has 15 heteroatoms. The van der Waals surface area contributed by atoms with E-state index < -0.39 is 35.0 Å². The monoisotopic (exact) mass is 751 g/mol. The van der Waals surface area contributed by atoms with Crippen molar-refractivity contribution in [2.45, 2.75) is 83.5 Å². The van der Waals surface area contributed by atoms with E-state index in [1.165, 1.54) is 4.68 Å². The Morgan fingerprint density at radius 1 is 1.29 bits per heavy atom.